The topological polar surface area (TPSA) is 78.4 Å². The average Bonchev–Trinajstić information content (AvgIpc) is 3.14. The highest BCUT2D eigenvalue weighted by Gasteiger charge is 2.42. The van der Waals surface area contributed by atoms with Crippen LogP contribution >= 0.6 is 11.7 Å². The molecule has 24 heavy (non-hydrogen) atoms. The zero-order valence-corrected chi connectivity index (χ0v) is 14.5. The third kappa shape index (κ3) is 2.41. The van der Waals surface area contributed by atoms with Crippen LogP contribution in [0.3, 0.4) is 0 Å². The van der Waals surface area contributed by atoms with Crippen LogP contribution in [0.1, 0.15) is 24.8 Å². The van der Waals surface area contributed by atoms with Gasteiger partial charge in [-0.2, -0.15) is 8.75 Å². The molecule has 2 fully saturated rings. The highest BCUT2D eigenvalue weighted by Crippen LogP contribution is 2.32. The van der Waals surface area contributed by atoms with Gasteiger partial charge in [0, 0.05) is 26.1 Å². The minimum absolute atomic E-state index is 0.0134. The van der Waals surface area contributed by atoms with Crippen molar-refractivity contribution in [3.63, 3.8) is 0 Å². The van der Waals surface area contributed by atoms with Gasteiger partial charge in [-0.15, -0.1) is 0 Å². The first-order valence-electron chi connectivity index (χ1n) is 8.09. The van der Waals surface area contributed by atoms with Crippen molar-refractivity contribution < 1.29 is 9.59 Å². The van der Waals surface area contributed by atoms with Gasteiger partial charge in [0.25, 0.3) is 0 Å². The third-order valence-electron chi connectivity index (χ3n) is 5.04. The maximum absolute atomic E-state index is 13.0. The maximum Gasteiger partial charge on any atom is 0.322 e. The number of fused-ring (bicyclic) bond motifs is 3. The van der Waals surface area contributed by atoms with Crippen LogP contribution < -0.4 is 5.32 Å². The van der Waals surface area contributed by atoms with Crippen LogP contribution in [0.2, 0.25) is 0 Å². The van der Waals surface area contributed by atoms with Gasteiger partial charge in [-0.25, -0.2) is 4.79 Å². The first-order chi connectivity index (χ1) is 11.5. The molecule has 0 spiro atoms. The summed E-state index contributed by atoms with van der Waals surface area (Å²) in [6, 6.07) is 3.77. The number of carbonyl (C=O) groups excluding carboxylic acids is 2. The number of nitrogens with one attached hydrogen (secondary N) is 1. The highest BCUT2D eigenvalue weighted by molar-refractivity contribution is 7.00. The molecule has 2 bridgehead atoms. The molecule has 2 aromatic rings. The van der Waals surface area contributed by atoms with E-state index in [2.05, 4.69) is 14.1 Å². The fourth-order valence-electron chi connectivity index (χ4n) is 3.73. The van der Waals surface area contributed by atoms with Gasteiger partial charge in [-0.3, -0.25) is 4.79 Å². The summed E-state index contributed by atoms with van der Waals surface area (Å²) in [5.41, 5.74) is 3.19. The third-order valence-corrected chi connectivity index (χ3v) is 5.59. The molecule has 8 heteroatoms. The maximum atomic E-state index is 13.0. The average molecular weight is 345 g/mol. The summed E-state index contributed by atoms with van der Waals surface area (Å²) < 4.78 is 8.54. The summed E-state index contributed by atoms with van der Waals surface area (Å²) >= 11 is 1.14. The predicted molar refractivity (Wildman–Crippen MR) is 92.1 cm³/mol. The Labute approximate surface area is 144 Å². The molecule has 1 N–H and O–H groups in total. The highest BCUT2D eigenvalue weighted by atomic mass is 32.1. The zero-order chi connectivity index (χ0) is 16.8. The Morgan fingerprint density at radius 2 is 2.08 bits per heavy atom. The van der Waals surface area contributed by atoms with Gasteiger partial charge in [0.05, 0.1) is 23.5 Å². The largest absolute Gasteiger partial charge is 0.344 e. The van der Waals surface area contributed by atoms with E-state index in [0.717, 1.165) is 46.9 Å². The van der Waals surface area contributed by atoms with E-state index in [-0.39, 0.29) is 24.0 Å². The summed E-state index contributed by atoms with van der Waals surface area (Å²) in [5, 5.41) is 3.03. The molecular formula is C16H19N5O2S. The molecule has 2 aliphatic heterocycles. The Kier molecular flexibility index (Phi) is 3.64. The predicted octanol–water partition coefficient (Wildman–Crippen LogP) is 2.23. The number of likely N-dealkylation sites (tertiary alicyclic amines) is 1. The van der Waals surface area contributed by atoms with E-state index in [0.29, 0.717) is 13.0 Å². The lowest BCUT2D eigenvalue weighted by atomic mass is 10.1. The van der Waals surface area contributed by atoms with Crippen LogP contribution in [0, 0.1) is 6.92 Å². The second-order valence-corrected chi connectivity index (χ2v) is 7.12. The normalized spacial score (nSPS) is 23.7. The molecule has 0 unspecified atom stereocenters. The first-order valence-corrected chi connectivity index (χ1v) is 8.83. The van der Waals surface area contributed by atoms with Gasteiger partial charge < -0.3 is 15.1 Å². The fourth-order valence-corrected chi connectivity index (χ4v) is 4.27. The summed E-state index contributed by atoms with van der Waals surface area (Å²) in [5.74, 6) is 0.113. The van der Waals surface area contributed by atoms with E-state index in [1.807, 2.05) is 31.0 Å². The van der Waals surface area contributed by atoms with Crippen LogP contribution in [0.4, 0.5) is 10.5 Å². The van der Waals surface area contributed by atoms with E-state index in [4.69, 9.17) is 0 Å². The van der Waals surface area contributed by atoms with Crippen molar-refractivity contribution >= 4 is 40.4 Å². The number of likely N-dealkylation sites (N-methyl/N-ethyl adjacent to an activating group) is 1. The molecule has 2 atom stereocenters. The van der Waals surface area contributed by atoms with E-state index in [9.17, 15) is 9.59 Å². The number of anilines is 1. The lowest BCUT2D eigenvalue weighted by Gasteiger charge is -2.28. The first kappa shape index (κ1) is 15.3. The number of benzene rings is 1. The molecule has 1 aromatic carbocycles. The number of nitrogens with zero attached hydrogens (tertiary/aromatic N) is 4. The Balaban J connectivity index is 1.63. The molecular weight excluding hydrogens is 326 g/mol. The number of aryl methyl sites for hydroxylation is 1. The second kappa shape index (κ2) is 5.70. The SMILES string of the molecule is Cc1ccc2nsnc2c1NC(=O)N1[C@@H]2CC[C@H]1CN(C)C(=O)C2. The molecule has 126 valence electrons. The fraction of sp³-hybridized carbons (Fsp3) is 0.500. The molecule has 2 saturated heterocycles. The number of rotatable bonds is 1. The van der Waals surface area contributed by atoms with Crippen LogP contribution in [-0.4, -0.2) is 56.2 Å². The summed E-state index contributed by atoms with van der Waals surface area (Å²) in [6.07, 6.45) is 2.23. The van der Waals surface area contributed by atoms with E-state index in [1.165, 1.54) is 0 Å². The minimum atomic E-state index is -0.144. The van der Waals surface area contributed by atoms with Crippen molar-refractivity contribution in [1.29, 1.82) is 0 Å². The number of aromatic nitrogens is 2. The van der Waals surface area contributed by atoms with Crippen molar-refractivity contribution in [3.8, 4) is 0 Å². The lowest BCUT2D eigenvalue weighted by Crippen LogP contribution is -2.45. The Bertz CT molecular complexity index is 820. The Morgan fingerprint density at radius 3 is 2.92 bits per heavy atom. The Morgan fingerprint density at radius 1 is 1.29 bits per heavy atom. The van der Waals surface area contributed by atoms with Crippen molar-refractivity contribution in [2.24, 2.45) is 0 Å². The zero-order valence-electron chi connectivity index (χ0n) is 13.7. The van der Waals surface area contributed by atoms with Gasteiger partial charge in [-0.1, -0.05) is 6.07 Å². The number of amides is 3. The van der Waals surface area contributed by atoms with Gasteiger partial charge in [0.1, 0.15) is 11.0 Å². The van der Waals surface area contributed by atoms with Gasteiger partial charge in [-0.05, 0) is 31.4 Å². The van der Waals surface area contributed by atoms with Crippen molar-refractivity contribution in [2.75, 3.05) is 18.9 Å². The standard InChI is InChI=1S/C16H19N5O2S/c1-9-3-6-12-15(19-24-18-12)14(9)17-16(23)21-10-4-5-11(21)8-20(2)13(22)7-10/h3,6,10-11H,4-5,7-8H2,1-2H3,(H,17,23)/t10-,11+/m1/s1. The van der Waals surface area contributed by atoms with Crippen LogP contribution in [0.5, 0.6) is 0 Å². The van der Waals surface area contributed by atoms with E-state index in [1.54, 1.807) is 4.90 Å². The lowest BCUT2D eigenvalue weighted by molar-refractivity contribution is -0.130. The van der Waals surface area contributed by atoms with E-state index < -0.39 is 0 Å². The molecule has 1 aromatic heterocycles. The molecule has 0 saturated carbocycles. The molecule has 2 aliphatic rings. The number of carbonyl (C=O) groups is 2. The van der Waals surface area contributed by atoms with Crippen molar-refractivity contribution in [2.45, 2.75) is 38.3 Å². The summed E-state index contributed by atoms with van der Waals surface area (Å²) in [6.45, 7) is 2.55. The minimum Gasteiger partial charge on any atom is -0.344 e. The van der Waals surface area contributed by atoms with Crippen LogP contribution in [0.25, 0.3) is 11.0 Å². The van der Waals surface area contributed by atoms with Crippen LogP contribution in [0.15, 0.2) is 12.1 Å². The number of hydrogen-bond acceptors (Lipinski definition) is 5. The molecule has 0 radical (unpaired) electrons. The quantitative estimate of drug-likeness (QED) is 0.860. The smallest absolute Gasteiger partial charge is 0.322 e. The summed E-state index contributed by atoms with van der Waals surface area (Å²) in [4.78, 5) is 28.6. The molecule has 3 amide bonds. The molecule has 7 nitrogen and oxygen atoms in total. The Hall–Kier alpha value is -2.22. The van der Waals surface area contributed by atoms with E-state index >= 15 is 0 Å². The van der Waals surface area contributed by atoms with Crippen molar-refractivity contribution in [3.05, 3.63) is 17.7 Å². The van der Waals surface area contributed by atoms with Crippen molar-refractivity contribution in [1.82, 2.24) is 18.5 Å². The monoisotopic (exact) mass is 345 g/mol. The summed E-state index contributed by atoms with van der Waals surface area (Å²) in [7, 11) is 1.81. The molecule has 3 heterocycles. The molecule has 4 rings (SSSR count). The van der Waals surface area contributed by atoms with Crippen LogP contribution in [-0.2, 0) is 4.79 Å². The van der Waals surface area contributed by atoms with Gasteiger partial charge in [0.2, 0.25) is 5.91 Å². The number of urea groups is 1. The second-order valence-electron chi connectivity index (χ2n) is 6.59. The molecule has 0 aliphatic carbocycles. The van der Waals surface area contributed by atoms with Gasteiger partial charge in [0.15, 0.2) is 0 Å². The van der Waals surface area contributed by atoms with Gasteiger partial charge >= 0.3 is 6.03 Å². The number of hydrogen-bond donors (Lipinski definition) is 1.